The highest BCUT2D eigenvalue weighted by Crippen LogP contribution is 2.37. The lowest BCUT2D eigenvalue weighted by Gasteiger charge is -2.23. The molecule has 1 saturated heterocycles. The number of carbonyl (C=O) groups excluding carboxylic acids is 1. The Hall–Kier alpha value is -2.93. The number of carbonyl (C=O) groups is 1. The number of rotatable bonds is 6. The van der Waals surface area contributed by atoms with Crippen LogP contribution in [-0.2, 0) is 14.2 Å². The quantitative estimate of drug-likeness (QED) is 0.353. The Morgan fingerprint density at radius 2 is 2.37 bits per heavy atom. The molecule has 10 heteroatoms. The number of imidazole rings is 1. The zero-order chi connectivity index (χ0) is 19.4. The zero-order valence-electron chi connectivity index (χ0n) is 14.9. The van der Waals surface area contributed by atoms with Crippen LogP contribution in [0, 0.1) is 18.4 Å². The Morgan fingerprint density at radius 1 is 1.56 bits per heavy atom. The number of anilines is 1. The van der Waals surface area contributed by atoms with Crippen molar-refractivity contribution >= 4 is 23.1 Å². The second kappa shape index (κ2) is 7.75. The summed E-state index contributed by atoms with van der Waals surface area (Å²) in [5.41, 5.74) is 5.04. The van der Waals surface area contributed by atoms with Gasteiger partial charge in [0.15, 0.2) is 22.6 Å². The molecule has 0 spiro atoms. The molecule has 2 aromatic heterocycles. The topological polar surface area (TPSA) is 114 Å². The molecule has 3 rings (SSSR count). The molecule has 144 valence electrons. The first kappa shape index (κ1) is 18.8. The number of terminal acetylenes is 1. The predicted octanol–water partition coefficient (Wildman–Crippen LogP) is 2.18. The molecule has 0 aromatic carbocycles. The third-order valence-corrected chi connectivity index (χ3v) is 4.29. The SMILES string of the molecule is C#CC1(COC(=O)OCCCC)CCC(n2cnc3c(N)nc(F)nc32)O1. The first-order chi connectivity index (χ1) is 13.0. The average Bonchev–Trinajstić information content (AvgIpc) is 3.25. The van der Waals surface area contributed by atoms with Crippen molar-refractivity contribution in [3.8, 4) is 12.3 Å². The molecule has 2 aromatic rings. The fraction of sp³-hybridized carbons (Fsp3) is 0.529. The van der Waals surface area contributed by atoms with E-state index in [1.54, 1.807) is 0 Å². The fourth-order valence-corrected chi connectivity index (χ4v) is 2.82. The molecule has 27 heavy (non-hydrogen) atoms. The van der Waals surface area contributed by atoms with Crippen molar-refractivity contribution in [2.45, 2.75) is 44.4 Å². The molecule has 1 aliphatic heterocycles. The molecule has 0 radical (unpaired) electrons. The van der Waals surface area contributed by atoms with Gasteiger partial charge < -0.3 is 19.9 Å². The molecule has 0 saturated carbocycles. The maximum atomic E-state index is 13.5. The summed E-state index contributed by atoms with van der Waals surface area (Å²) in [6.45, 7) is 2.12. The summed E-state index contributed by atoms with van der Waals surface area (Å²) >= 11 is 0. The lowest BCUT2D eigenvalue weighted by molar-refractivity contribution is -0.0732. The summed E-state index contributed by atoms with van der Waals surface area (Å²) in [5, 5.41) is 0. The van der Waals surface area contributed by atoms with E-state index in [1.165, 1.54) is 10.9 Å². The van der Waals surface area contributed by atoms with Gasteiger partial charge in [-0.25, -0.2) is 9.78 Å². The third kappa shape index (κ3) is 3.93. The molecular formula is C17H20FN5O4. The monoisotopic (exact) mass is 377 g/mol. The van der Waals surface area contributed by atoms with Crippen molar-refractivity contribution in [1.82, 2.24) is 19.5 Å². The second-order valence-electron chi connectivity index (χ2n) is 6.19. The van der Waals surface area contributed by atoms with E-state index in [-0.39, 0.29) is 30.2 Å². The van der Waals surface area contributed by atoms with Gasteiger partial charge in [-0.15, -0.1) is 6.42 Å². The minimum absolute atomic E-state index is 0.0596. The van der Waals surface area contributed by atoms with Crippen molar-refractivity contribution < 1.29 is 23.4 Å². The number of nitrogen functional groups attached to an aromatic ring is 1. The number of halogens is 1. The van der Waals surface area contributed by atoms with Gasteiger partial charge in [-0.1, -0.05) is 19.3 Å². The van der Waals surface area contributed by atoms with Crippen LogP contribution in [0.2, 0.25) is 0 Å². The Bertz CT molecular complexity index is 880. The van der Waals surface area contributed by atoms with Gasteiger partial charge in [0.25, 0.3) is 0 Å². The van der Waals surface area contributed by atoms with Gasteiger partial charge in [0.2, 0.25) is 0 Å². The molecule has 3 heterocycles. The zero-order valence-corrected chi connectivity index (χ0v) is 14.9. The minimum Gasteiger partial charge on any atom is -0.434 e. The van der Waals surface area contributed by atoms with E-state index in [0.29, 0.717) is 12.8 Å². The van der Waals surface area contributed by atoms with Crippen LogP contribution in [0.3, 0.4) is 0 Å². The van der Waals surface area contributed by atoms with Crippen molar-refractivity contribution in [2.24, 2.45) is 0 Å². The van der Waals surface area contributed by atoms with Crippen LogP contribution >= 0.6 is 0 Å². The first-order valence-electron chi connectivity index (χ1n) is 8.58. The van der Waals surface area contributed by atoms with Gasteiger partial charge in [0.05, 0.1) is 12.9 Å². The molecule has 2 N–H and O–H groups in total. The van der Waals surface area contributed by atoms with E-state index in [9.17, 15) is 9.18 Å². The number of nitrogens with two attached hydrogens (primary N) is 1. The second-order valence-corrected chi connectivity index (χ2v) is 6.19. The fourth-order valence-electron chi connectivity index (χ4n) is 2.82. The molecule has 1 aliphatic rings. The molecule has 2 atom stereocenters. The number of fused-ring (bicyclic) bond motifs is 1. The Kier molecular flexibility index (Phi) is 5.41. The average molecular weight is 377 g/mol. The van der Waals surface area contributed by atoms with E-state index < -0.39 is 24.1 Å². The van der Waals surface area contributed by atoms with Crippen LogP contribution in [0.4, 0.5) is 15.0 Å². The van der Waals surface area contributed by atoms with Crippen LogP contribution in [-0.4, -0.2) is 44.5 Å². The molecule has 9 nitrogen and oxygen atoms in total. The molecule has 2 unspecified atom stereocenters. The summed E-state index contributed by atoms with van der Waals surface area (Å²) in [7, 11) is 0. The van der Waals surface area contributed by atoms with E-state index >= 15 is 0 Å². The van der Waals surface area contributed by atoms with Crippen molar-refractivity contribution in [1.29, 1.82) is 0 Å². The van der Waals surface area contributed by atoms with Crippen molar-refractivity contribution in [3.05, 3.63) is 12.4 Å². The maximum Gasteiger partial charge on any atom is 0.508 e. The van der Waals surface area contributed by atoms with Crippen LogP contribution in [0.15, 0.2) is 6.33 Å². The van der Waals surface area contributed by atoms with E-state index in [1.807, 2.05) is 6.92 Å². The summed E-state index contributed by atoms with van der Waals surface area (Å²) in [4.78, 5) is 22.9. The normalized spacial score (nSPS) is 21.9. The molecule has 0 bridgehead atoms. The highest BCUT2D eigenvalue weighted by Gasteiger charge is 2.41. The number of hydrogen-bond acceptors (Lipinski definition) is 8. The summed E-state index contributed by atoms with van der Waals surface area (Å²) < 4.78 is 31.0. The molecular weight excluding hydrogens is 357 g/mol. The van der Waals surface area contributed by atoms with E-state index in [4.69, 9.17) is 26.4 Å². The van der Waals surface area contributed by atoms with Crippen LogP contribution in [0.1, 0.15) is 38.8 Å². The Labute approximate surface area is 155 Å². The smallest absolute Gasteiger partial charge is 0.434 e. The lowest BCUT2D eigenvalue weighted by atomic mass is 10.0. The van der Waals surface area contributed by atoms with Gasteiger partial charge in [0.1, 0.15) is 12.8 Å². The summed E-state index contributed by atoms with van der Waals surface area (Å²) in [5.74, 6) is 2.48. The number of nitrogens with zero attached hydrogens (tertiary/aromatic N) is 4. The third-order valence-electron chi connectivity index (χ3n) is 4.29. The summed E-state index contributed by atoms with van der Waals surface area (Å²) in [6, 6.07) is 0. The van der Waals surface area contributed by atoms with Crippen molar-refractivity contribution in [3.63, 3.8) is 0 Å². The van der Waals surface area contributed by atoms with Crippen LogP contribution in [0.25, 0.3) is 11.2 Å². The highest BCUT2D eigenvalue weighted by molar-refractivity contribution is 5.81. The first-order valence-corrected chi connectivity index (χ1v) is 8.58. The highest BCUT2D eigenvalue weighted by atomic mass is 19.1. The lowest BCUT2D eigenvalue weighted by Crippen LogP contribution is -2.34. The van der Waals surface area contributed by atoms with Gasteiger partial charge >= 0.3 is 12.2 Å². The van der Waals surface area contributed by atoms with E-state index in [2.05, 4.69) is 20.9 Å². The molecule has 1 fully saturated rings. The van der Waals surface area contributed by atoms with Gasteiger partial charge in [-0.2, -0.15) is 14.4 Å². The number of aromatic nitrogens is 4. The van der Waals surface area contributed by atoms with E-state index in [0.717, 1.165) is 12.8 Å². The Balaban J connectivity index is 1.69. The number of hydrogen-bond donors (Lipinski definition) is 1. The predicted molar refractivity (Wildman–Crippen MR) is 92.8 cm³/mol. The van der Waals surface area contributed by atoms with Gasteiger partial charge in [-0.05, 0) is 19.3 Å². The van der Waals surface area contributed by atoms with Crippen molar-refractivity contribution in [2.75, 3.05) is 18.9 Å². The molecule has 0 aliphatic carbocycles. The number of unbranched alkanes of at least 4 members (excludes halogenated alkanes) is 1. The molecule has 0 amide bonds. The standard InChI is InChI=1S/C17H20FN5O4/c1-3-5-8-25-16(24)26-9-17(4-2)7-6-11(27-17)23-10-20-12-13(19)21-15(18)22-14(12)23/h2,10-11H,3,5-9H2,1H3,(H2,19,21,22). The summed E-state index contributed by atoms with van der Waals surface area (Å²) in [6.07, 6.45) is 7.33. The number of ether oxygens (including phenoxy) is 3. The van der Waals surface area contributed by atoms with Crippen LogP contribution < -0.4 is 5.73 Å². The minimum atomic E-state index is -1.11. The maximum absolute atomic E-state index is 13.5. The van der Waals surface area contributed by atoms with Gasteiger partial charge in [0, 0.05) is 0 Å². The largest absolute Gasteiger partial charge is 0.508 e. The van der Waals surface area contributed by atoms with Gasteiger partial charge in [-0.3, -0.25) is 4.57 Å². The van der Waals surface area contributed by atoms with Crippen LogP contribution in [0.5, 0.6) is 0 Å². The Morgan fingerprint density at radius 3 is 3.11 bits per heavy atom.